The highest BCUT2D eigenvalue weighted by atomic mass is 32.2. The molecule has 1 aliphatic heterocycles. The molecule has 0 spiro atoms. The summed E-state index contributed by atoms with van der Waals surface area (Å²) in [6.45, 7) is 8.66. The van der Waals surface area contributed by atoms with E-state index < -0.39 is 32.3 Å². The average molecular weight is 340 g/mol. The molecule has 1 heterocycles. The Balaban J connectivity index is 2.34. The molecule has 7 heteroatoms. The van der Waals surface area contributed by atoms with Crippen LogP contribution in [0, 0.1) is 0 Å². The van der Waals surface area contributed by atoms with Crippen LogP contribution in [0.1, 0.15) is 52.6 Å². The number of hydrogen-bond donors (Lipinski definition) is 2. The molecule has 2 rings (SSSR count). The molecule has 1 aromatic carbocycles. The predicted molar refractivity (Wildman–Crippen MR) is 89.1 cm³/mol. The highest BCUT2D eigenvalue weighted by Crippen LogP contribution is 2.42. The topological polar surface area (TPSA) is 98.5 Å². The van der Waals surface area contributed by atoms with Gasteiger partial charge >= 0.3 is 6.09 Å². The lowest BCUT2D eigenvalue weighted by atomic mass is 9.96. The molecule has 0 saturated heterocycles. The van der Waals surface area contributed by atoms with Crippen LogP contribution in [0.2, 0.25) is 0 Å². The standard InChI is InChI=1S/C16H24N2O4S/c1-15(2,3)22-14(19)18-10-6-7-13-11(8-10)12(17)9-16(4,5)23(13,20)21/h6-8,12H,9,17H2,1-5H3,(H,18,19)/t12-/m1/s1. The number of rotatable bonds is 1. The van der Waals surface area contributed by atoms with E-state index in [-0.39, 0.29) is 4.90 Å². The van der Waals surface area contributed by atoms with Crippen LogP contribution in [0.4, 0.5) is 10.5 Å². The van der Waals surface area contributed by atoms with Crippen LogP contribution in [-0.4, -0.2) is 24.9 Å². The molecular formula is C16H24N2O4S. The smallest absolute Gasteiger partial charge is 0.412 e. The maximum atomic E-state index is 12.6. The number of hydrogen-bond acceptors (Lipinski definition) is 5. The molecule has 6 nitrogen and oxygen atoms in total. The van der Waals surface area contributed by atoms with Crippen molar-refractivity contribution in [3.63, 3.8) is 0 Å². The van der Waals surface area contributed by atoms with Gasteiger partial charge in [0, 0.05) is 11.7 Å². The number of amides is 1. The normalized spacial score (nSPS) is 22.1. The Hall–Kier alpha value is -1.60. The van der Waals surface area contributed by atoms with Gasteiger partial charge in [-0.3, -0.25) is 5.32 Å². The van der Waals surface area contributed by atoms with Gasteiger partial charge in [0.1, 0.15) is 5.60 Å². The van der Waals surface area contributed by atoms with E-state index in [1.807, 2.05) is 0 Å². The Bertz CT molecular complexity index is 733. The van der Waals surface area contributed by atoms with Crippen LogP contribution < -0.4 is 11.1 Å². The fourth-order valence-corrected chi connectivity index (χ4v) is 4.39. The van der Waals surface area contributed by atoms with Crippen LogP contribution in [0.25, 0.3) is 0 Å². The Morgan fingerprint density at radius 3 is 2.52 bits per heavy atom. The first-order chi connectivity index (χ1) is 10.3. The third kappa shape index (κ3) is 3.50. The molecule has 3 N–H and O–H groups in total. The second-order valence-corrected chi connectivity index (χ2v) is 10.0. The summed E-state index contributed by atoms with van der Waals surface area (Å²) in [6, 6.07) is 4.26. The van der Waals surface area contributed by atoms with Crippen molar-refractivity contribution in [3.05, 3.63) is 23.8 Å². The number of carbonyl (C=O) groups is 1. The van der Waals surface area contributed by atoms with Crippen LogP contribution in [0.15, 0.2) is 23.1 Å². The third-order valence-corrected chi connectivity index (χ3v) is 6.36. The minimum atomic E-state index is -3.45. The summed E-state index contributed by atoms with van der Waals surface area (Å²) in [6.07, 6.45) is -0.261. The van der Waals surface area contributed by atoms with E-state index in [1.54, 1.807) is 46.8 Å². The molecule has 0 bridgehead atoms. The Kier molecular flexibility index (Phi) is 4.24. The summed E-state index contributed by atoms with van der Waals surface area (Å²) in [5, 5.41) is 2.61. The fourth-order valence-electron chi connectivity index (χ4n) is 2.63. The molecular weight excluding hydrogens is 316 g/mol. The van der Waals surface area contributed by atoms with E-state index in [4.69, 9.17) is 10.5 Å². The monoisotopic (exact) mass is 340 g/mol. The second-order valence-electron chi connectivity index (χ2n) is 7.45. The van der Waals surface area contributed by atoms with Crippen molar-refractivity contribution in [1.82, 2.24) is 0 Å². The second kappa shape index (κ2) is 5.49. The molecule has 0 radical (unpaired) electrons. The molecule has 1 aromatic rings. The molecule has 0 saturated carbocycles. The first kappa shape index (κ1) is 17.7. The number of anilines is 1. The van der Waals surface area contributed by atoms with E-state index in [2.05, 4.69) is 5.32 Å². The molecule has 23 heavy (non-hydrogen) atoms. The van der Waals surface area contributed by atoms with Crippen molar-refractivity contribution in [2.45, 2.75) is 62.3 Å². The van der Waals surface area contributed by atoms with Crippen LogP contribution in [0.3, 0.4) is 0 Å². The molecule has 1 atom stereocenters. The van der Waals surface area contributed by atoms with Crippen molar-refractivity contribution in [3.8, 4) is 0 Å². The lowest BCUT2D eigenvalue weighted by Gasteiger charge is -2.35. The van der Waals surface area contributed by atoms with Gasteiger partial charge in [0.05, 0.1) is 9.64 Å². The summed E-state index contributed by atoms with van der Waals surface area (Å²) >= 11 is 0. The Labute approximate surface area is 137 Å². The Morgan fingerprint density at radius 2 is 1.96 bits per heavy atom. The number of benzene rings is 1. The predicted octanol–water partition coefficient (Wildman–Crippen LogP) is 2.99. The molecule has 0 aromatic heterocycles. The van der Waals surface area contributed by atoms with E-state index in [0.29, 0.717) is 17.7 Å². The van der Waals surface area contributed by atoms with Crippen LogP contribution in [-0.2, 0) is 14.6 Å². The van der Waals surface area contributed by atoms with Crippen molar-refractivity contribution in [1.29, 1.82) is 0 Å². The van der Waals surface area contributed by atoms with Gasteiger partial charge in [0.25, 0.3) is 0 Å². The number of nitrogens with two attached hydrogens (primary N) is 1. The van der Waals surface area contributed by atoms with E-state index in [9.17, 15) is 13.2 Å². The number of carbonyl (C=O) groups excluding carboxylic acids is 1. The molecule has 0 aliphatic carbocycles. The molecule has 1 amide bonds. The molecule has 0 unspecified atom stereocenters. The van der Waals surface area contributed by atoms with Gasteiger partial charge in [-0.25, -0.2) is 13.2 Å². The maximum Gasteiger partial charge on any atom is 0.412 e. The highest BCUT2D eigenvalue weighted by molar-refractivity contribution is 7.92. The largest absolute Gasteiger partial charge is 0.444 e. The zero-order chi connectivity index (χ0) is 17.6. The summed E-state index contributed by atoms with van der Waals surface area (Å²) < 4.78 is 29.5. The van der Waals surface area contributed by atoms with Gasteiger partial charge in [0.2, 0.25) is 0 Å². The van der Waals surface area contributed by atoms with Crippen LogP contribution in [0.5, 0.6) is 0 Å². The van der Waals surface area contributed by atoms with Crippen molar-refractivity contribution >= 4 is 21.6 Å². The van der Waals surface area contributed by atoms with E-state index >= 15 is 0 Å². The first-order valence-electron chi connectivity index (χ1n) is 7.48. The van der Waals surface area contributed by atoms with E-state index in [0.717, 1.165) is 0 Å². The third-order valence-electron chi connectivity index (χ3n) is 3.78. The highest BCUT2D eigenvalue weighted by Gasteiger charge is 2.43. The summed E-state index contributed by atoms with van der Waals surface area (Å²) in [4.78, 5) is 12.1. The minimum Gasteiger partial charge on any atom is -0.444 e. The van der Waals surface area contributed by atoms with Gasteiger partial charge < -0.3 is 10.5 Å². The van der Waals surface area contributed by atoms with Gasteiger partial charge in [-0.15, -0.1) is 0 Å². The quantitative estimate of drug-likeness (QED) is 0.819. The van der Waals surface area contributed by atoms with Crippen molar-refractivity contribution in [2.24, 2.45) is 5.73 Å². The number of fused-ring (bicyclic) bond motifs is 1. The zero-order valence-electron chi connectivity index (χ0n) is 14.1. The van der Waals surface area contributed by atoms with E-state index in [1.165, 1.54) is 6.07 Å². The Morgan fingerprint density at radius 1 is 1.35 bits per heavy atom. The molecule has 1 aliphatic rings. The maximum absolute atomic E-state index is 12.6. The summed E-state index contributed by atoms with van der Waals surface area (Å²) in [7, 11) is -3.45. The number of ether oxygens (including phenoxy) is 1. The number of sulfone groups is 1. The van der Waals surface area contributed by atoms with Gasteiger partial charge in [-0.05, 0) is 64.8 Å². The minimum absolute atomic E-state index is 0.232. The average Bonchev–Trinajstić information content (AvgIpc) is 2.33. The van der Waals surface area contributed by atoms with Crippen LogP contribution >= 0.6 is 0 Å². The lowest BCUT2D eigenvalue weighted by Crippen LogP contribution is -2.40. The van der Waals surface area contributed by atoms with Gasteiger partial charge in [-0.1, -0.05) is 0 Å². The van der Waals surface area contributed by atoms with Crippen molar-refractivity contribution in [2.75, 3.05) is 5.32 Å². The SMILES string of the molecule is CC(C)(C)OC(=O)Nc1ccc2c(c1)[C@H](N)CC(C)(C)S2(=O)=O. The van der Waals surface area contributed by atoms with Gasteiger partial charge in [0.15, 0.2) is 9.84 Å². The number of nitrogens with one attached hydrogen (secondary N) is 1. The first-order valence-corrected chi connectivity index (χ1v) is 8.96. The fraction of sp³-hybridized carbons (Fsp3) is 0.562. The summed E-state index contributed by atoms with van der Waals surface area (Å²) in [5.41, 5.74) is 6.51. The zero-order valence-corrected chi connectivity index (χ0v) is 15.0. The lowest BCUT2D eigenvalue weighted by molar-refractivity contribution is 0.0636. The summed E-state index contributed by atoms with van der Waals surface area (Å²) in [5.74, 6) is 0. The molecule has 0 fully saturated rings. The molecule has 128 valence electrons. The van der Waals surface area contributed by atoms with Crippen molar-refractivity contribution < 1.29 is 17.9 Å². The van der Waals surface area contributed by atoms with Gasteiger partial charge in [-0.2, -0.15) is 0 Å².